The zero-order valence-corrected chi connectivity index (χ0v) is 7.45. The van der Waals surface area contributed by atoms with Crippen molar-refractivity contribution in [2.24, 2.45) is 5.92 Å². The molecule has 0 bridgehead atoms. The second kappa shape index (κ2) is 2.25. The van der Waals surface area contributed by atoms with Crippen molar-refractivity contribution >= 4 is 5.78 Å². The number of ketones is 1. The van der Waals surface area contributed by atoms with E-state index in [1.165, 1.54) is 12.8 Å². The summed E-state index contributed by atoms with van der Waals surface area (Å²) in [5.74, 6) is 1.88. The molecule has 1 aromatic rings. The largest absolute Gasteiger partial charge is 0.468 e. The molecule has 0 amide bonds. The zero-order chi connectivity index (χ0) is 8.89. The smallest absolute Gasteiger partial charge is 0.147 e. The summed E-state index contributed by atoms with van der Waals surface area (Å²) in [6.07, 6.45) is 5.83. The lowest BCUT2D eigenvalue weighted by Gasteiger charge is -2.41. The van der Waals surface area contributed by atoms with Gasteiger partial charge in [-0.25, -0.2) is 0 Å². The van der Waals surface area contributed by atoms with Gasteiger partial charge in [0.2, 0.25) is 0 Å². The van der Waals surface area contributed by atoms with Gasteiger partial charge >= 0.3 is 0 Å². The van der Waals surface area contributed by atoms with Gasteiger partial charge in [-0.2, -0.15) is 0 Å². The Morgan fingerprint density at radius 1 is 1.54 bits per heavy atom. The van der Waals surface area contributed by atoms with Gasteiger partial charge in [0.1, 0.15) is 11.5 Å². The molecule has 2 saturated carbocycles. The van der Waals surface area contributed by atoms with E-state index in [0.717, 1.165) is 18.6 Å². The zero-order valence-electron chi connectivity index (χ0n) is 7.45. The second-order valence-corrected chi connectivity index (χ2v) is 4.17. The van der Waals surface area contributed by atoms with Crippen LogP contribution in [0.25, 0.3) is 0 Å². The lowest BCUT2D eigenvalue weighted by molar-refractivity contribution is -0.136. The first kappa shape index (κ1) is 7.36. The van der Waals surface area contributed by atoms with E-state index in [2.05, 4.69) is 0 Å². The molecule has 3 rings (SSSR count). The van der Waals surface area contributed by atoms with Gasteiger partial charge < -0.3 is 4.42 Å². The molecule has 0 aromatic carbocycles. The van der Waals surface area contributed by atoms with E-state index in [9.17, 15) is 4.79 Å². The summed E-state index contributed by atoms with van der Waals surface area (Å²) in [5.41, 5.74) is -0.191. The Kier molecular flexibility index (Phi) is 1.27. The van der Waals surface area contributed by atoms with Crippen molar-refractivity contribution in [1.29, 1.82) is 0 Å². The Morgan fingerprint density at radius 2 is 2.46 bits per heavy atom. The van der Waals surface area contributed by atoms with Crippen LogP contribution in [0.4, 0.5) is 0 Å². The minimum absolute atomic E-state index is 0.191. The third-order valence-corrected chi connectivity index (χ3v) is 3.71. The van der Waals surface area contributed by atoms with Gasteiger partial charge in [0.15, 0.2) is 0 Å². The molecule has 0 N–H and O–H groups in total. The molecule has 2 aliphatic carbocycles. The highest BCUT2D eigenvalue weighted by Gasteiger charge is 2.59. The Labute approximate surface area is 76.9 Å². The maximum absolute atomic E-state index is 11.7. The Morgan fingerprint density at radius 3 is 3.08 bits per heavy atom. The lowest BCUT2D eigenvalue weighted by Crippen LogP contribution is -2.49. The van der Waals surface area contributed by atoms with Crippen molar-refractivity contribution < 1.29 is 9.21 Å². The molecule has 0 radical (unpaired) electrons. The average molecular weight is 176 g/mol. The topological polar surface area (TPSA) is 30.2 Å². The van der Waals surface area contributed by atoms with Crippen molar-refractivity contribution in [3.8, 4) is 0 Å². The van der Waals surface area contributed by atoms with E-state index in [0.29, 0.717) is 11.7 Å². The van der Waals surface area contributed by atoms with Crippen LogP contribution < -0.4 is 0 Å². The van der Waals surface area contributed by atoms with Crippen molar-refractivity contribution in [3.63, 3.8) is 0 Å². The van der Waals surface area contributed by atoms with Gasteiger partial charge in [0.25, 0.3) is 0 Å². The molecule has 13 heavy (non-hydrogen) atoms. The van der Waals surface area contributed by atoms with Crippen LogP contribution in [-0.2, 0) is 10.2 Å². The third-order valence-electron chi connectivity index (χ3n) is 3.71. The maximum atomic E-state index is 11.7. The minimum atomic E-state index is -0.191. The van der Waals surface area contributed by atoms with Crippen LogP contribution in [0.5, 0.6) is 0 Å². The fourth-order valence-electron chi connectivity index (χ4n) is 2.99. The fourth-order valence-corrected chi connectivity index (χ4v) is 2.99. The summed E-state index contributed by atoms with van der Waals surface area (Å²) < 4.78 is 5.39. The summed E-state index contributed by atoms with van der Waals surface area (Å²) in [6.45, 7) is 0. The van der Waals surface area contributed by atoms with E-state index in [4.69, 9.17) is 4.42 Å². The Hall–Kier alpha value is -1.05. The molecule has 1 aromatic heterocycles. The van der Waals surface area contributed by atoms with E-state index in [1.807, 2.05) is 12.1 Å². The molecule has 2 aliphatic rings. The number of Topliss-reactive ketones (excluding diaryl/α,β-unsaturated/α-hetero) is 1. The maximum Gasteiger partial charge on any atom is 0.147 e. The molecule has 2 atom stereocenters. The van der Waals surface area contributed by atoms with Crippen molar-refractivity contribution in [3.05, 3.63) is 24.2 Å². The number of hydrogen-bond donors (Lipinski definition) is 0. The van der Waals surface area contributed by atoms with Gasteiger partial charge in [-0.15, -0.1) is 0 Å². The molecule has 0 aliphatic heterocycles. The molecule has 2 heteroatoms. The molecule has 2 fully saturated rings. The minimum Gasteiger partial charge on any atom is -0.468 e. The van der Waals surface area contributed by atoms with E-state index < -0.39 is 0 Å². The summed E-state index contributed by atoms with van der Waals surface area (Å²) >= 11 is 0. The number of carbonyl (C=O) groups excluding carboxylic acids is 1. The molecule has 68 valence electrons. The predicted molar refractivity (Wildman–Crippen MR) is 47.4 cm³/mol. The highest BCUT2D eigenvalue weighted by Crippen LogP contribution is 2.56. The van der Waals surface area contributed by atoms with Crippen LogP contribution >= 0.6 is 0 Å². The number of hydrogen-bond acceptors (Lipinski definition) is 2. The number of fused-ring (bicyclic) bond motifs is 1. The van der Waals surface area contributed by atoms with Crippen LogP contribution in [-0.4, -0.2) is 5.78 Å². The normalized spacial score (nSPS) is 37.2. The monoisotopic (exact) mass is 176 g/mol. The van der Waals surface area contributed by atoms with E-state index in [1.54, 1.807) is 6.26 Å². The van der Waals surface area contributed by atoms with Gasteiger partial charge in [-0.1, -0.05) is 6.42 Å². The van der Waals surface area contributed by atoms with Gasteiger partial charge in [-0.3, -0.25) is 4.79 Å². The first-order valence-corrected chi connectivity index (χ1v) is 4.91. The average Bonchev–Trinajstić information content (AvgIpc) is 2.70. The summed E-state index contributed by atoms with van der Waals surface area (Å²) in [7, 11) is 0. The number of carbonyl (C=O) groups is 1. The first-order chi connectivity index (χ1) is 6.34. The Bertz CT molecular complexity index is 339. The fraction of sp³-hybridized carbons (Fsp3) is 0.545. The van der Waals surface area contributed by atoms with Crippen LogP contribution in [0.3, 0.4) is 0 Å². The Balaban J connectivity index is 2.08. The molecular weight excluding hydrogens is 164 g/mol. The van der Waals surface area contributed by atoms with Gasteiger partial charge in [-0.05, 0) is 30.9 Å². The molecule has 0 saturated heterocycles. The predicted octanol–water partition coefficient (Wildman–Crippen LogP) is 2.29. The highest BCUT2D eigenvalue weighted by atomic mass is 16.3. The lowest BCUT2D eigenvalue weighted by atomic mass is 9.59. The number of rotatable bonds is 1. The van der Waals surface area contributed by atoms with Crippen LogP contribution in [0, 0.1) is 5.92 Å². The third kappa shape index (κ3) is 0.718. The van der Waals surface area contributed by atoms with Crippen molar-refractivity contribution in [2.75, 3.05) is 0 Å². The molecular formula is C11H12O2. The SMILES string of the molecule is O=C1C[C@@H]2CCC[C@]12c1ccco1. The summed E-state index contributed by atoms with van der Waals surface area (Å²) in [4.78, 5) is 11.7. The van der Waals surface area contributed by atoms with Gasteiger partial charge in [0.05, 0.1) is 11.7 Å². The highest BCUT2D eigenvalue weighted by molar-refractivity contribution is 5.96. The van der Waals surface area contributed by atoms with Crippen molar-refractivity contribution in [1.82, 2.24) is 0 Å². The quantitative estimate of drug-likeness (QED) is 0.657. The standard InChI is InChI=1S/C11H12O2/c12-9-7-8-3-1-5-11(8,9)10-4-2-6-13-10/h2,4,6,8H,1,3,5,7H2/t8-,11+/m0/s1. The van der Waals surface area contributed by atoms with Crippen LogP contribution in [0.15, 0.2) is 22.8 Å². The van der Waals surface area contributed by atoms with Crippen LogP contribution in [0.2, 0.25) is 0 Å². The molecule has 0 spiro atoms. The van der Waals surface area contributed by atoms with E-state index in [-0.39, 0.29) is 5.41 Å². The van der Waals surface area contributed by atoms with Crippen molar-refractivity contribution in [2.45, 2.75) is 31.1 Å². The molecule has 0 unspecified atom stereocenters. The van der Waals surface area contributed by atoms with Crippen LogP contribution in [0.1, 0.15) is 31.4 Å². The number of furan rings is 1. The molecule has 1 heterocycles. The first-order valence-electron chi connectivity index (χ1n) is 4.91. The summed E-state index contributed by atoms with van der Waals surface area (Å²) in [6, 6.07) is 3.83. The van der Waals surface area contributed by atoms with E-state index >= 15 is 0 Å². The second-order valence-electron chi connectivity index (χ2n) is 4.17. The molecule has 2 nitrogen and oxygen atoms in total. The summed E-state index contributed by atoms with van der Waals surface area (Å²) in [5, 5.41) is 0. The van der Waals surface area contributed by atoms with Gasteiger partial charge in [0, 0.05) is 6.42 Å².